The maximum atomic E-state index is 8.32. The van der Waals surface area contributed by atoms with E-state index in [0.29, 0.717) is 12.5 Å². The van der Waals surface area contributed by atoms with Gasteiger partial charge in [-0.3, -0.25) is 0 Å². The number of rotatable bonds is 4. The van der Waals surface area contributed by atoms with Gasteiger partial charge in [-0.05, 0) is 20.4 Å². The van der Waals surface area contributed by atoms with Crippen LogP contribution >= 0.6 is 0 Å². The van der Waals surface area contributed by atoms with Gasteiger partial charge in [0.2, 0.25) is 0 Å². The number of hydrogen-bond acceptors (Lipinski definition) is 2. The van der Waals surface area contributed by atoms with Gasteiger partial charge in [0.15, 0.2) is 0 Å². The molecule has 2 heteroatoms. The summed E-state index contributed by atoms with van der Waals surface area (Å²) < 4.78 is 0. The summed E-state index contributed by atoms with van der Waals surface area (Å²) >= 11 is 0. The Morgan fingerprint density at radius 2 is 2.10 bits per heavy atom. The lowest BCUT2D eigenvalue weighted by Crippen LogP contribution is -2.31. The molecule has 0 rings (SSSR count). The molecule has 0 N–H and O–H groups in total. The van der Waals surface area contributed by atoms with Crippen molar-refractivity contribution in [3.8, 4) is 6.07 Å². The van der Waals surface area contributed by atoms with Gasteiger partial charge in [-0.25, -0.2) is 0 Å². The van der Waals surface area contributed by atoms with E-state index >= 15 is 0 Å². The van der Waals surface area contributed by atoms with E-state index in [4.69, 9.17) is 5.26 Å². The van der Waals surface area contributed by atoms with E-state index in [9.17, 15) is 0 Å². The fraction of sp³-hybridized carbons (Fsp3) is 0.875. The largest absolute Gasteiger partial charge is 0.300 e. The summed E-state index contributed by atoms with van der Waals surface area (Å²) in [5.41, 5.74) is 0. The number of nitriles is 1. The predicted molar refractivity (Wildman–Crippen MR) is 42.6 cm³/mol. The van der Waals surface area contributed by atoms with Crippen molar-refractivity contribution in [2.75, 3.05) is 13.1 Å². The van der Waals surface area contributed by atoms with Gasteiger partial charge in [-0.1, -0.05) is 6.92 Å². The maximum Gasteiger partial charge on any atom is 0.0635 e. The lowest BCUT2D eigenvalue weighted by atomic mass is 10.3. The quantitative estimate of drug-likeness (QED) is 0.593. The minimum Gasteiger partial charge on any atom is -0.300 e. The van der Waals surface area contributed by atoms with Crippen molar-refractivity contribution in [1.29, 1.82) is 5.26 Å². The third kappa shape index (κ3) is 3.47. The van der Waals surface area contributed by atoms with Crippen molar-refractivity contribution < 1.29 is 0 Å². The third-order valence-corrected chi connectivity index (χ3v) is 1.65. The van der Waals surface area contributed by atoms with E-state index in [0.717, 1.165) is 13.1 Å². The first-order valence-electron chi connectivity index (χ1n) is 3.83. The Kier molecular flexibility index (Phi) is 4.96. The zero-order chi connectivity index (χ0) is 7.98. The topological polar surface area (TPSA) is 27.0 Å². The Morgan fingerprint density at radius 1 is 1.50 bits per heavy atom. The Bertz CT molecular complexity index is 113. The van der Waals surface area contributed by atoms with Crippen molar-refractivity contribution in [2.24, 2.45) is 0 Å². The zero-order valence-electron chi connectivity index (χ0n) is 7.09. The average Bonchev–Trinajstić information content (AvgIpc) is 1.89. The molecular weight excluding hydrogens is 124 g/mol. The first-order valence-corrected chi connectivity index (χ1v) is 3.83. The summed E-state index contributed by atoms with van der Waals surface area (Å²) in [6.45, 7) is 8.38. The van der Waals surface area contributed by atoms with Crippen LogP contribution < -0.4 is 0 Å². The molecule has 0 saturated carbocycles. The molecule has 0 spiro atoms. The highest BCUT2D eigenvalue weighted by Gasteiger charge is 2.04. The number of hydrogen-bond donors (Lipinski definition) is 0. The van der Waals surface area contributed by atoms with E-state index in [-0.39, 0.29) is 0 Å². The van der Waals surface area contributed by atoms with Gasteiger partial charge in [-0.2, -0.15) is 5.26 Å². The standard InChI is InChI=1S/C8H16N2/c1-4-10(8(2)3)7-5-6-9/h8H,4-5,7H2,1-3H3. The fourth-order valence-electron chi connectivity index (χ4n) is 0.975. The van der Waals surface area contributed by atoms with Gasteiger partial charge in [0.1, 0.15) is 0 Å². The Balaban J connectivity index is 3.52. The normalized spacial score (nSPS) is 10.4. The molecule has 0 bridgehead atoms. The first kappa shape index (κ1) is 9.45. The Morgan fingerprint density at radius 3 is 2.40 bits per heavy atom. The molecule has 0 fully saturated rings. The minimum atomic E-state index is 0.568. The highest BCUT2D eigenvalue weighted by molar-refractivity contribution is 4.73. The highest BCUT2D eigenvalue weighted by Crippen LogP contribution is 1.97. The molecule has 0 heterocycles. The van der Waals surface area contributed by atoms with Crippen molar-refractivity contribution in [3.63, 3.8) is 0 Å². The third-order valence-electron chi connectivity index (χ3n) is 1.65. The van der Waals surface area contributed by atoms with Crippen LogP contribution in [0.2, 0.25) is 0 Å². The molecule has 58 valence electrons. The molecule has 0 atom stereocenters. The van der Waals surface area contributed by atoms with Crippen LogP contribution in [0.1, 0.15) is 27.2 Å². The van der Waals surface area contributed by atoms with Gasteiger partial charge in [0, 0.05) is 19.0 Å². The average molecular weight is 140 g/mol. The van der Waals surface area contributed by atoms with Crippen LogP contribution in [0.4, 0.5) is 0 Å². The Labute approximate surface area is 63.4 Å². The molecule has 0 saturated heterocycles. The molecule has 0 aliphatic heterocycles. The molecule has 0 aromatic rings. The van der Waals surface area contributed by atoms with Gasteiger partial charge in [0.05, 0.1) is 6.07 Å². The van der Waals surface area contributed by atoms with Gasteiger partial charge < -0.3 is 4.90 Å². The monoisotopic (exact) mass is 140 g/mol. The van der Waals surface area contributed by atoms with Crippen molar-refractivity contribution in [2.45, 2.75) is 33.2 Å². The van der Waals surface area contributed by atoms with Gasteiger partial charge in [-0.15, -0.1) is 0 Å². The van der Waals surface area contributed by atoms with Crippen LogP contribution in [0.3, 0.4) is 0 Å². The molecule has 0 radical (unpaired) electrons. The summed E-state index contributed by atoms with van der Waals surface area (Å²) in [5.74, 6) is 0. The van der Waals surface area contributed by atoms with E-state index in [1.807, 2.05) is 0 Å². The molecule has 0 amide bonds. The van der Waals surface area contributed by atoms with Crippen molar-refractivity contribution in [3.05, 3.63) is 0 Å². The predicted octanol–water partition coefficient (Wildman–Crippen LogP) is 1.63. The zero-order valence-corrected chi connectivity index (χ0v) is 7.09. The molecule has 2 nitrogen and oxygen atoms in total. The fourth-order valence-corrected chi connectivity index (χ4v) is 0.975. The summed E-state index contributed by atoms with van der Waals surface area (Å²) in [7, 11) is 0. The van der Waals surface area contributed by atoms with E-state index < -0.39 is 0 Å². The SMILES string of the molecule is CCN(CCC#N)C(C)C. The van der Waals surface area contributed by atoms with Crippen molar-refractivity contribution in [1.82, 2.24) is 4.90 Å². The van der Waals surface area contributed by atoms with Gasteiger partial charge >= 0.3 is 0 Å². The van der Waals surface area contributed by atoms with Crippen LogP contribution in [-0.2, 0) is 0 Å². The lowest BCUT2D eigenvalue weighted by Gasteiger charge is -2.22. The molecule has 0 aromatic heterocycles. The van der Waals surface area contributed by atoms with Crippen LogP contribution in [-0.4, -0.2) is 24.0 Å². The molecule has 0 aliphatic rings. The second-order valence-electron chi connectivity index (χ2n) is 2.63. The maximum absolute atomic E-state index is 8.32. The van der Waals surface area contributed by atoms with Crippen molar-refractivity contribution >= 4 is 0 Å². The molecule has 10 heavy (non-hydrogen) atoms. The molecule has 0 aliphatic carbocycles. The Hall–Kier alpha value is -0.550. The second kappa shape index (κ2) is 5.25. The van der Waals surface area contributed by atoms with Crippen LogP contribution in [0.25, 0.3) is 0 Å². The molecular formula is C8H16N2. The second-order valence-corrected chi connectivity index (χ2v) is 2.63. The first-order chi connectivity index (χ1) is 4.72. The molecule has 0 unspecified atom stereocenters. The van der Waals surface area contributed by atoms with E-state index in [1.54, 1.807) is 0 Å². The number of nitrogens with zero attached hydrogens (tertiary/aromatic N) is 2. The summed E-state index contributed by atoms with van der Waals surface area (Å²) in [6.07, 6.45) is 0.645. The van der Waals surface area contributed by atoms with E-state index in [2.05, 4.69) is 31.7 Å². The lowest BCUT2D eigenvalue weighted by molar-refractivity contribution is 0.239. The summed E-state index contributed by atoms with van der Waals surface area (Å²) in [5, 5.41) is 8.32. The summed E-state index contributed by atoms with van der Waals surface area (Å²) in [6, 6.07) is 2.71. The summed E-state index contributed by atoms with van der Waals surface area (Å²) in [4.78, 5) is 2.28. The highest BCUT2D eigenvalue weighted by atomic mass is 15.1. The smallest absolute Gasteiger partial charge is 0.0635 e. The van der Waals surface area contributed by atoms with Gasteiger partial charge in [0.25, 0.3) is 0 Å². The van der Waals surface area contributed by atoms with Crippen LogP contribution in [0, 0.1) is 11.3 Å². The van der Waals surface area contributed by atoms with Crippen LogP contribution in [0.5, 0.6) is 0 Å². The van der Waals surface area contributed by atoms with E-state index in [1.165, 1.54) is 0 Å². The van der Waals surface area contributed by atoms with Crippen LogP contribution in [0.15, 0.2) is 0 Å². The minimum absolute atomic E-state index is 0.568. The molecule has 0 aromatic carbocycles.